The van der Waals surface area contributed by atoms with E-state index in [4.69, 9.17) is 5.73 Å². The molecule has 0 aromatic carbocycles. The molecular weight excluding hydrogens is 543 g/mol. The van der Waals surface area contributed by atoms with Gasteiger partial charge in [-0.3, -0.25) is 14.4 Å². The number of aliphatic carboxylic acids is 1. The number of Topliss-reactive ketones (excluding diaryl/α,β-unsaturated/α-hetero) is 1. The van der Waals surface area contributed by atoms with Crippen molar-refractivity contribution in [1.82, 2.24) is 35.3 Å². The van der Waals surface area contributed by atoms with Crippen LogP contribution in [0.3, 0.4) is 0 Å². The fraction of sp³-hybridized carbons (Fsp3) is 0.720. The smallest absolute Gasteiger partial charge is 0.353 e. The van der Waals surface area contributed by atoms with Crippen LogP contribution in [0.2, 0.25) is 0 Å². The Bertz CT molecular complexity index is 1200. The van der Waals surface area contributed by atoms with E-state index in [1.54, 1.807) is 4.90 Å². The number of ketones is 1. The number of halogens is 1. The van der Waals surface area contributed by atoms with Gasteiger partial charge in [0.05, 0.1) is 18.0 Å². The number of carbonyl (C=O) groups excluding carboxylic acids is 3. The largest absolute Gasteiger partial charge is 0.477 e. The third-order valence-corrected chi connectivity index (χ3v) is 10.2. The highest BCUT2D eigenvalue weighted by Gasteiger charge is 2.60. The number of likely N-dealkylation sites (tertiary alicyclic amines) is 1. The van der Waals surface area contributed by atoms with Gasteiger partial charge in [0.1, 0.15) is 24.2 Å². The van der Waals surface area contributed by atoms with Crippen molar-refractivity contribution in [1.29, 1.82) is 0 Å². The van der Waals surface area contributed by atoms with Crippen molar-refractivity contribution in [2.75, 3.05) is 26.2 Å². The molecule has 0 unspecified atom stereocenters. The van der Waals surface area contributed by atoms with E-state index in [0.29, 0.717) is 31.0 Å². The molecule has 6 atom stereocenters. The second kappa shape index (κ2) is 11.2. The summed E-state index contributed by atoms with van der Waals surface area (Å²) in [4.78, 5) is 54.8. The molecule has 4 aliphatic rings. The summed E-state index contributed by atoms with van der Waals surface area (Å²) in [7, 11) is 0. The number of hydrogen-bond donors (Lipinski definition) is 3. The molecule has 1 aromatic heterocycles. The summed E-state index contributed by atoms with van der Waals surface area (Å²) in [5, 5.41) is 24.0. The zero-order chi connectivity index (χ0) is 28.8. The average molecular weight is 579 g/mol. The fourth-order valence-electron chi connectivity index (χ4n) is 6.46. The molecule has 2 amide bonds. The number of thioether (sulfide) groups is 1. The van der Waals surface area contributed by atoms with E-state index in [0.717, 1.165) is 0 Å². The van der Waals surface area contributed by atoms with Crippen molar-refractivity contribution in [2.24, 2.45) is 23.5 Å². The van der Waals surface area contributed by atoms with Gasteiger partial charge in [-0.1, -0.05) is 13.8 Å². The number of alkyl halides is 1. The predicted molar refractivity (Wildman–Crippen MR) is 141 cm³/mol. The van der Waals surface area contributed by atoms with Gasteiger partial charge < -0.3 is 26.0 Å². The van der Waals surface area contributed by atoms with Gasteiger partial charge >= 0.3 is 5.97 Å². The van der Waals surface area contributed by atoms with Crippen LogP contribution in [0, 0.1) is 17.8 Å². The topological polar surface area (TPSA) is 177 Å². The number of carboxylic acid groups (broad SMARTS) is 1. The number of nitrogens with one attached hydrogen (secondary N) is 1. The molecule has 4 aliphatic heterocycles. The summed E-state index contributed by atoms with van der Waals surface area (Å²) in [5.74, 6) is -2.59. The number of nitrogens with two attached hydrogens (primary N) is 1. The van der Waals surface area contributed by atoms with Gasteiger partial charge in [0.2, 0.25) is 11.8 Å². The maximum Gasteiger partial charge on any atom is 0.353 e. The Balaban J connectivity index is 1.21. The minimum atomic E-state index is -1.42. The molecule has 40 heavy (non-hydrogen) atoms. The van der Waals surface area contributed by atoms with Crippen molar-refractivity contribution in [3.8, 4) is 0 Å². The van der Waals surface area contributed by atoms with Crippen LogP contribution in [0.5, 0.6) is 0 Å². The number of amides is 2. The van der Waals surface area contributed by atoms with Gasteiger partial charge in [-0.2, -0.15) is 0 Å². The number of carboxylic acids is 1. The van der Waals surface area contributed by atoms with Gasteiger partial charge in [0.25, 0.3) is 0 Å². The highest BCUT2D eigenvalue weighted by atomic mass is 32.2. The molecule has 5 rings (SSSR count). The monoisotopic (exact) mass is 578 g/mol. The number of rotatable bonds is 10. The number of hydrogen-bond acceptors (Lipinski definition) is 10. The molecule has 5 heterocycles. The Morgan fingerprint density at radius 1 is 1.32 bits per heavy atom. The maximum atomic E-state index is 14.5. The number of tetrazole rings is 1. The van der Waals surface area contributed by atoms with Crippen molar-refractivity contribution >= 4 is 35.3 Å². The Morgan fingerprint density at radius 3 is 2.67 bits per heavy atom. The second-order valence-corrected chi connectivity index (χ2v) is 12.7. The number of nitrogens with zero attached hydrogens (tertiary/aromatic N) is 6. The number of piperidine rings is 1. The molecule has 0 saturated carbocycles. The zero-order valence-electron chi connectivity index (χ0n) is 22.5. The highest BCUT2D eigenvalue weighted by molar-refractivity contribution is 8.03. The average Bonchev–Trinajstić information content (AvgIpc) is 3.65. The molecule has 1 aromatic rings. The molecule has 3 fully saturated rings. The van der Waals surface area contributed by atoms with Crippen LogP contribution in [0.15, 0.2) is 16.9 Å². The summed E-state index contributed by atoms with van der Waals surface area (Å²) in [5.41, 5.74) is 4.12. The third-order valence-electron chi connectivity index (χ3n) is 8.70. The van der Waals surface area contributed by atoms with E-state index in [2.05, 4.69) is 20.8 Å². The predicted octanol–water partition coefficient (Wildman–Crippen LogP) is -0.206. The molecular formula is C25H35FN8O5S. The number of carbonyl (C=O) groups is 4. The van der Waals surface area contributed by atoms with Crippen LogP contribution >= 0.6 is 11.8 Å². The molecule has 0 aliphatic carbocycles. The van der Waals surface area contributed by atoms with Crippen LogP contribution in [0.4, 0.5) is 4.39 Å². The Morgan fingerprint density at radius 2 is 2.05 bits per heavy atom. The summed E-state index contributed by atoms with van der Waals surface area (Å²) < 4.78 is 15.8. The van der Waals surface area contributed by atoms with Gasteiger partial charge in [-0.25, -0.2) is 13.9 Å². The lowest BCUT2D eigenvalue weighted by Gasteiger charge is -2.47. The second-order valence-electron chi connectivity index (χ2n) is 11.4. The normalized spacial score (nSPS) is 30.3. The number of fused-ring (bicyclic) bond motifs is 1. The van der Waals surface area contributed by atoms with E-state index in [-0.39, 0.29) is 78.8 Å². The van der Waals surface area contributed by atoms with Gasteiger partial charge in [-0.05, 0) is 22.8 Å². The van der Waals surface area contributed by atoms with Crippen LogP contribution < -0.4 is 11.1 Å². The minimum absolute atomic E-state index is 0.00263. The van der Waals surface area contributed by atoms with Crippen LogP contribution in [-0.4, -0.2) is 108 Å². The first-order chi connectivity index (χ1) is 19.0. The summed E-state index contributed by atoms with van der Waals surface area (Å²) in [6.45, 7) is 4.88. The quantitative estimate of drug-likeness (QED) is 0.313. The van der Waals surface area contributed by atoms with Crippen LogP contribution in [0.1, 0.15) is 39.5 Å². The van der Waals surface area contributed by atoms with Crippen molar-refractivity contribution in [3.05, 3.63) is 16.9 Å². The molecule has 0 bridgehead atoms. The lowest BCUT2D eigenvalue weighted by Crippen LogP contribution is -2.62. The van der Waals surface area contributed by atoms with E-state index in [9.17, 15) is 28.7 Å². The van der Waals surface area contributed by atoms with Crippen LogP contribution in [-0.2, 0) is 25.7 Å². The van der Waals surface area contributed by atoms with Gasteiger partial charge in [0.15, 0.2) is 5.78 Å². The maximum absolute atomic E-state index is 14.5. The first-order valence-electron chi connectivity index (χ1n) is 13.6. The molecule has 0 spiro atoms. The third kappa shape index (κ3) is 5.26. The number of β-lactam (4-membered cyclic amide) rings is 1. The van der Waals surface area contributed by atoms with Crippen molar-refractivity contribution in [3.63, 3.8) is 0 Å². The standard InChI is InChI=1S/C25H35FN8O5S/c1-13(7-15(35)10-33-12-29-30-31-33)18-19-14(2)21(20(24(38)39)34(19)23(18)37)40-16-8-17(28-9-16)22(36)32-5-3-25(26,11-27)4-6-32/h12-14,16-19,28H,3-11,27H2,1-2H3,(H,38,39)/t13-,14+,16-,17-,18+,19+/m0/s1. The number of aromatic nitrogens is 4. The Hall–Kier alpha value is -2.91. The summed E-state index contributed by atoms with van der Waals surface area (Å²) in [6.07, 6.45) is 2.45. The first kappa shape index (κ1) is 28.6. The van der Waals surface area contributed by atoms with Gasteiger partial charge in [0, 0.05) is 61.5 Å². The van der Waals surface area contributed by atoms with E-state index >= 15 is 0 Å². The molecule has 4 N–H and O–H groups in total. The summed E-state index contributed by atoms with van der Waals surface area (Å²) in [6, 6.07) is -0.758. The summed E-state index contributed by atoms with van der Waals surface area (Å²) >= 11 is 1.41. The molecule has 0 radical (unpaired) electrons. The lowest BCUT2D eigenvalue weighted by molar-refractivity contribution is -0.160. The first-order valence-corrected chi connectivity index (χ1v) is 14.5. The fourth-order valence-corrected chi connectivity index (χ4v) is 7.94. The van der Waals surface area contributed by atoms with E-state index in [1.165, 1.54) is 27.7 Å². The lowest BCUT2D eigenvalue weighted by atomic mass is 9.73. The molecule has 3 saturated heterocycles. The van der Waals surface area contributed by atoms with Crippen LogP contribution in [0.25, 0.3) is 0 Å². The van der Waals surface area contributed by atoms with E-state index in [1.807, 2.05) is 13.8 Å². The SMILES string of the molecule is C[C@@H](CC(=O)Cn1cnnn1)[C@H]1C(=O)N2C(C(=O)O)=C(S[C@@H]3CN[C@H](C(=O)N4CCC(F)(CN)CC4)C3)[C@H](C)[C@H]12. The molecule has 15 heteroatoms. The van der Waals surface area contributed by atoms with Crippen molar-refractivity contribution < 1.29 is 28.7 Å². The Kier molecular flexibility index (Phi) is 7.99. The Labute approximate surface area is 235 Å². The minimum Gasteiger partial charge on any atom is -0.477 e. The van der Waals surface area contributed by atoms with Gasteiger partial charge in [-0.15, -0.1) is 16.9 Å². The highest BCUT2D eigenvalue weighted by Crippen LogP contribution is 2.53. The van der Waals surface area contributed by atoms with Crippen molar-refractivity contribution in [2.45, 2.75) is 69.1 Å². The molecule has 218 valence electrons. The van der Waals surface area contributed by atoms with E-state index < -0.39 is 23.6 Å². The molecule has 13 nitrogen and oxygen atoms in total. The zero-order valence-corrected chi connectivity index (χ0v) is 23.3.